The van der Waals surface area contributed by atoms with E-state index in [0.29, 0.717) is 18.2 Å². The van der Waals surface area contributed by atoms with E-state index < -0.39 is 0 Å². The van der Waals surface area contributed by atoms with E-state index in [4.69, 9.17) is 5.73 Å². The van der Waals surface area contributed by atoms with Crippen molar-refractivity contribution >= 4 is 5.91 Å². The third kappa shape index (κ3) is 2.81. The smallest absolute Gasteiger partial charge is 0.223 e. The van der Waals surface area contributed by atoms with Gasteiger partial charge in [0.25, 0.3) is 0 Å². The molecule has 2 atom stereocenters. The van der Waals surface area contributed by atoms with Crippen molar-refractivity contribution in [2.24, 2.45) is 11.7 Å². The van der Waals surface area contributed by atoms with E-state index >= 15 is 0 Å². The van der Waals surface area contributed by atoms with Gasteiger partial charge in [-0.15, -0.1) is 0 Å². The van der Waals surface area contributed by atoms with Gasteiger partial charge in [-0.3, -0.25) is 4.79 Å². The maximum atomic E-state index is 11.9. The number of piperidine rings is 1. The third-order valence-corrected chi connectivity index (χ3v) is 3.36. The highest BCUT2D eigenvalue weighted by atomic mass is 16.2. The van der Waals surface area contributed by atoms with Crippen LogP contribution in [0.3, 0.4) is 0 Å². The zero-order chi connectivity index (χ0) is 10.7. The van der Waals surface area contributed by atoms with Crippen molar-refractivity contribution in [3.63, 3.8) is 0 Å². The van der Waals surface area contributed by atoms with Crippen LogP contribution >= 0.6 is 0 Å². The number of amides is 1. The average molecular weight is 208 g/mol. The van der Waals surface area contributed by atoms with Crippen LogP contribution in [0.2, 0.25) is 0 Å². The lowest BCUT2D eigenvalue weighted by molar-refractivity contribution is -0.133. The van der Waals surface area contributed by atoms with Crippen LogP contribution in [0.5, 0.6) is 0 Å². The average Bonchev–Trinajstić information content (AvgIpc) is 2.70. The Morgan fingerprint density at radius 2 is 2.33 bits per heavy atom. The molecule has 3 nitrogen and oxygen atoms in total. The van der Waals surface area contributed by atoms with Crippen LogP contribution < -0.4 is 5.73 Å². The topological polar surface area (TPSA) is 46.3 Å². The van der Waals surface area contributed by atoms with Crippen LogP contribution in [0.4, 0.5) is 0 Å². The van der Waals surface area contributed by atoms with Gasteiger partial charge in [-0.25, -0.2) is 0 Å². The highest BCUT2D eigenvalue weighted by Gasteiger charge is 2.23. The van der Waals surface area contributed by atoms with Gasteiger partial charge in [0.15, 0.2) is 0 Å². The molecular formula is C12H20N2O. The van der Waals surface area contributed by atoms with Crippen LogP contribution in [0, 0.1) is 5.92 Å². The Morgan fingerprint density at radius 1 is 1.47 bits per heavy atom. The fourth-order valence-electron chi connectivity index (χ4n) is 2.46. The summed E-state index contributed by atoms with van der Waals surface area (Å²) in [5.74, 6) is 0.775. The number of carbonyl (C=O) groups is 1. The van der Waals surface area contributed by atoms with Gasteiger partial charge in [-0.1, -0.05) is 12.2 Å². The molecule has 1 aliphatic heterocycles. The highest BCUT2D eigenvalue weighted by molar-refractivity contribution is 5.76. The minimum atomic E-state index is 0.196. The molecule has 3 heteroatoms. The molecule has 1 aliphatic carbocycles. The first kappa shape index (κ1) is 10.7. The van der Waals surface area contributed by atoms with Gasteiger partial charge in [0.2, 0.25) is 5.91 Å². The first-order chi connectivity index (χ1) is 7.25. The Bertz CT molecular complexity index is 262. The molecule has 15 heavy (non-hydrogen) atoms. The predicted octanol–water partition coefficient (Wildman–Crippen LogP) is 1.29. The lowest BCUT2D eigenvalue weighted by atomic mass is 10.0. The Balaban J connectivity index is 1.81. The minimum absolute atomic E-state index is 0.196. The van der Waals surface area contributed by atoms with E-state index in [-0.39, 0.29) is 6.04 Å². The number of hydrogen-bond donors (Lipinski definition) is 1. The van der Waals surface area contributed by atoms with Gasteiger partial charge < -0.3 is 10.6 Å². The molecule has 1 saturated heterocycles. The predicted molar refractivity (Wildman–Crippen MR) is 60.3 cm³/mol. The van der Waals surface area contributed by atoms with Crippen molar-refractivity contribution < 1.29 is 4.79 Å². The number of likely N-dealkylation sites (tertiary alicyclic amines) is 1. The standard InChI is InChI=1S/C12H20N2O/c13-11-6-3-7-14(9-11)12(15)8-10-4-1-2-5-10/h1,4,10-11H,2-3,5-9,13H2/t10?,11-/m1/s1. The fourth-order valence-corrected chi connectivity index (χ4v) is 2.46. The van der Waals surface area contributed by atoms with Crippen LogP contribution in [-0.2, 0) is 4.79 Å². The summed E-state index contributed by atoms with van der Waals surface area (Å²) in [6.45, 7) is 1.66. The van der Waals surface area contributed by atoms with Crippen LogP contribution in [0.1, 0.15) is 32.1 Å². The molecule has 1 heterocycles. The summed E-state index contributed by atoms with van der Waals surface area (Å²) < 4.78 is 0. The second kappa shape index (κ2) is 4.79. The molecule has 1 amide bonds. The lowest BCUT2D eigenvalue weighted by Gasteiger charge is -2.31. The van der Waals surface area contributed by atoms with Crippen molar-refractivity contribution in [1.29, 1.82) is 0 Å². The number of hydrogen-bond acceptors (Lipinski definition) is 2. The maximum absolute atomic E-state index is 11.9. The maximum Gasteiger partial charge on any atom is 0.223 e. The van der Waals surface area contributed by atoms with Crippen molar-refractivity contribution in [3.05, 3.63) is 12.2 Å². The summed E-state index contributed by atoms with van der Waals surface area (Å²) in [5, 5.41) is 0. The molecule has 0 aromatic rings. The van der Waals surface area contributed by atoms with E-state index in [2.05, 4.69) is 12.2 Å². The van der Waals surface area contributed by atoms with Crippen LogP contribution in [0.15, 0.2) is 12.2 Å². The van der Waals surface area contributed by atoms with E-state index in [9.17, 15) is 4.79 Å². The van der Waals surface area contributed by atoms with Crippen molar-refractivity contribution in [1.82, 2.24) is 4.90 Å². The fraction of sp³-hybridized carbons (Fsp3) is 0.750. The van der Waals surface area contributed by atoms with Gasteiger partial charge >= 0.3 is 0 Å². The molecule has 0 radical (unpaired) electrons. The quantitative estimate of drug-likeness (QED) is 0.695. The summed E-state index contributed by atoms with van der Waals surface area (Å²) in [5.41, 5.74) is 5.86. The van der Waals surface area contributed by atoms with Gasteiger partial charge in [0, 0.05) is 25.6 Å². The van der Waals surface area contributed by atoms with Crippen molar-refractivity contribution in [2.75, 3.05) is 13.1 Å². The number of allylic oxidation sites excluding steroid dienone is 2. The first-order valence-electron chi connectivity index (χ1n) is 5.95. The molecular weight excluding hydrogens is 188 g/mol. The van der Waals surface area contributed by atoms with Crippen molar-refractivity contribution in [3.8, 4) is 0 Å². The van der Waals surface area contributed by atoms with Crippen molar-refractivity contribution in [2.45, 2.75) is 38.1 Å². The Kier molecular flexibility index (Phi) is 3.41. The minimum Gasteiger partial charge on any atom is -0.341 e. The highest BCUT2D eigenvalue weighted by Crippen LogP contribution is 2.22. The number of rotatable bonds is 2. The molecule has 84 valence electrons. The van der Waals surface area contributed by atoms with Gasteiger partial charge in [-0.05, 0) is 31.6 Å². The summed E-state index contributed by atoms with van der Waals surface area (Å²) >= 11 is 0. The number of nitrogens with zero attached hydrogens (tertiary/aromatic N) is 1. The molecule has 1 fully saturated rings. The zero-order valence-electron chi connectivity index (χ0n) is 9.19. The third-order valence-electron chi connectivity index (χ3n) is 3.36. The van der Waals surface area contributed by atoms with Gasteiger partial charge in [0.05, 0.1) is 0 Å². The van der Waals surface area contributed by atoms with E-state index in [1.165, 1.54) is 0 Å². The van der Waals surface area contributed by atoms with E-state index in [1.807, 2.05) is 4.90 Å². The molecule has 2 N–H and O–H groups in total. The summed E-state index contributed by atoms with van der Waals surface area (Å²) in [6.07, 6.45) is 9.45. The Hall–Kier alpha value is -0.830. The van der Waals surface area contributed by atoms with Crippen LogP contribution in [-0.4, -0.2) is 29.9 Å². The summed E-state index contributed by atoms with van der Waals surface area (Å²) in [7, 11) is 0. The molecule has 2 rings (SSSR count). The molecule has 0 bridgehead atoms. The van der Waals surface area contributed by atoms with Gasteiger partial charge in [-0.2, -0.15) is 0 Å². The van der Waals surface area contributed by atoms with E-state index in [0.717, 1.165) is 38.8 Å². The Labute approximate surface area is 91.3 Å². The second-order valence-corrected chi connectivity index (χ2v) is 4.71. The van der Waals surface area contributed by atoms with Gasteiger partial charge in [0.1, 0.15) is 0 Å². The second-order valence-electron chi connectivity index (χ2n) is 4.71. The SMILES string of the molecule is N[C@@H]1CCCN(C(=O)CC2C=CCC2)C1. The number of carbonyl (C=O) groups excluding carboxylic acids is 1. The monoisotopic (exact) mass is 208 g/mol. The molecule has 0 saturated carbocycles. The molecule has 1 unspecified atom stereocenters. The molecule has 0 spiro atoms. The Morgan fingerprint density at radius 3 is 3.00 bits per heavy atom. The number of nitrogens with two attached hydrogens (primary N) is 1. The zero-order valence-corrected chi connectivity index (χ0v) is 9.19. The van der Waals surface area contributed by atoms with E-state index in [1.54, 1.807) is 0 Å². The molecule has 0 aromatic carbocycles. The first-order valence-corrected chi connectivity index (χ1v) is 5.95. The molecule has 0 aromatic heterocycles. The largest absolute Gasteiger partial charge is 0.341 e. The van der Waals surface area contributed by atoms with Crippen LogP contribution in [0.25, 0.3) is 0 Å². The summed E-state index contributed by atoms with van der Waals surface area (Å²) in [6, 6.07) is 0.196. The normalized spacial score (nSPS) is 30.9. The summed E-state index contributed by atoms with van der Waals surface area (Å²) in [4.78, 5) is 13.9. The molecule has 2 aliphatic rings. The lowest BCUT2D eigenvalue weighted by Crippen LogP contribution is -2.46.